The Morgan fingerprint density at radius 3 is 2.38 bits per heavy atom. The average Bonchev–Trinajstić information content (AvgIpc) is 2.97. The molecule has 1 spiro atoms. The Labute approximate surface area is 129 Å². The molecule has 0 bridgehead atoms. The molecule has 21 heavy (non-hydrogen) atoms. The summed E-state index contributed by atoms with van der Waals surface area (Å²) in [5.41, 5.74) is 0.825. The zero-order valence-corrected chi connectivity index (χ0v) is 12.9. The summed E-state index contributed by atoms with van der Waals surface area (Å²) < 4.78 is 11.3. The fraction of sp³-hybridized carbons (Fsp3) is 0.533. The number of benzene rings is 1. The topological polar surface area (TPSA) is 50.8 Å². The van der Waals surface area contributed by atoms with Crippen molar-refractivity contribution in [2.24, 2.45) is 0 Å². The molecular formula is C15H20N2O3S. The molecule has 114 valence electrons. The van der Waals surface area contributed by atoms with Crippen molar-refractivity contribution in [2.75, 3.05) is 37.9 Å². The number of anilines is 1. The van der Waals surface area contributed by atoms with Crippen LogP contribution >= 0.6 is 11.8 Å². The zero-order valence-electron chi connectivity index (χ0n) is 12.1. The van der Waals surface area contributed by atoms with Crippen molar-refractivity contribution in [1.29, 1.82) is 0 Å². The third-order valence-corrected chi connectivity index (χ3v) is 4.71. The van der Waals surface area contributed by atoms with E-state index in [-0.39, 0.29) is 6.03 Å². The normalized spacial score (nSPS) is 20.7. The van der Waals surface area contributed by atoms with Gasteiger partial charge in [0.2, 0.25) is 0 Å². The van der Waals surface area contributed by atoms with E-state index in [0.717, 1.165) is 18.5 Å². The van der Waals surface area contributed by atoms with Gasteiger partial charge in [0.05, 0.1) is 13.2 Å². The average molecular weight is 308 g/mol. The highest BCUT2D eigenvalue weighted by molar-refractivity contribution is 7.98. The minimum Gasteiger partial charge on any atom is -0.347 e. The number of thioether (sulfide) groups is 1. The molecule has 0 unspecified atom stereocenters. The number of nitrogens with zero attached hydrogens (tertiary/aromatic N) is 1. The van der Waals surface area contributed by atoms with Gasteiger partial charge in [0.1, 0.15) is 0 Å². The molecule has 0 saturated carbocycles. The maximum absolute atomic E-state index is 12.3. The first-order valence-electron chi connectivity index (χ1n) is 7.19. The number of hydrogen-bond acceptors (Lipinski definition) is 4. The van der Waals surface area contributed by atoms with Crippen LogP contribution in [0.1, 0.15) is 12.8 Å². The van der Waals surface area contributed by atoms with Gasteiger partial charge < -0.3 is 19.7 Å². The maximum Gasteiger partial charge on any atom is 0.321 e. The van der Waals surface area contributed by atoms with E-state index >= 15 is 0 Å². The van der Waals surface area contributed by atoms with Gasteiger partial charge >= 0.3 is 6.03 Å². The molecule has 1 aromatic rings. The van der Waals surface area contributed by atoms with Gasteiger partial charge in [0.15, 0.2) is 5.79 Å². The number of carbonyl (C=O) groups excluding carboxylic acids is 1. The monoisotopic (exact) mass is 308 g/mol. The molecule has 2 aliphatic heterocycles. The van der Waals surface area contributed by atoms with Crippen LogP contribution in [0.2, 0.25) is 0 Å². The van der Waals surface area contributed by atoms with Gasteiger partial charge in [0.25, 0.3) is 0 Å². The van der Waals surface area contributed by atoms with Gasteiger partial charge in [-0.25, -0.2) is 4.79 Å². The number of piperidine rings is 1. The van der Waals surface area contributed by atoms with Crippen molar-refractivity contribution >= 4 is 23.5 Å². The zero-order chi connectivity index (χ0) is 14.7. The van der Waals surface area contributed by atoms with Crippen molar-refractivity contribution in [1.82, 2.24) is 4.90 Å². The fourth-order valence-electron chi connectivity index (χ4n) is 2.71. The third kappa shape index (κ3) is 3.33. The molecule has 5 nitrogen and oxygen atoms in total. The highest BCUT2D eigenvalue weighted by Crippen LogP contribution is 2.31. The summed E-state index contributed by atoms with van der Waals surface area (Å²) in [6.45, 7) is 2.64. The standard InChI is InChI=1S/C15H20N2O3S/c1-21-13-4-2-12(3-5-13)16-14(18)17-8-6-15(7-9-17)19-10-11-20-15/h2-5H,6-11H2,1H3,(H,16,18). The van der Waals surface area contributed by atoms with Gasteiger partial charge in [-0.2, -0.15) is 0 Å². The van der Waals surface area contributed by atoms with Crippen LogP contribution in [-0.2, 0) is 9.47 Å². The molecule has 2 saturated heterocycles. The Kier molecular flexibility index (Phi) is 4.37. The number of likely N-dealkylation sites (tertiary alicyclic amines) is 1. The van der Waals surface area contributed by atoms with Crippen molar-refractivity contribution in [2.45, 2.75) is 23.5 Å². The molecule has 2 aliphatic rings. The summed E-state index contributed by atoms with van der Waals surface area (Å²) in [5.74, 6) is -0.434. The maximum atomic E-state index is 12.3. The second-order valence-corrected chi connectivity index (χ2v) is 6.13. The highest BCUT2D eigenvalue weighted by Gasteiger charge is 2.40. The van der Waals surface area contributed by atoms with Crippen LogP contribution in [0.25, 0.3) is 0 Å². The van der Waals surface area contributed by atoms with Gasteiger partial charge in [-0.1, -0.05) is 0 Å². The smallest absolute Gasteiger partial charge is 0.321 e. The minimum atomic E-state index is -0.434. The Morgan fingerprint density at radius 2 is 1.81 bits per heavy atom. The predicted octanol–water partition coefficient (Wildman–Crippen LogP) is 2.78. The molecule has 2 amide bonds. The Bertz CT molecular complexity index is 490. The van der Waals surface area contributed by atoms with E-state index in [1.807, 2.05) is 35.4 Å². The lowest BCUT2D eigenvalue weighted by atomic mass is 10.0. The van der Waals surface area contributed by atoms with Gasteiger partial charge in [0, 0.05) is 36.5 Å². The van der Waals surface area contributed by atoms with Crippen LogP contribution in [0, 0.1) is 0 Å². The number of urea groups is 1. The van der Waals surface area contributed by atoms with Crippen LogP contribution in [0.3, 0.4) is 0 Å². The van der Waals surface area contributed by atoms with Gasteiger partial charge in [-0.05, 0) is 30.5 Å². The van der Waals surface area contributed by atoms with Crippen molar-refractivity contribution in [3.05, 3.63) is 24.3 Å². The second kappa shape index (κ2) is 6.25. The number of hydrogen-bond donors (Lipinski definition) is 1. The van der Waals surface area contributed by atoms with Gasteiger partial charge in [-0.15, -0.1) is 11.8 Å². The second-order valence-electron chi connectivity index (χ2n) is 5.25. The van der Waals surface area contributed by atoms with E-state index in [4.69, 9.17) is 9.47 Å². The predicted molar refractivity (Wildman–Crippen MR) is 82.7 cm³/mol. The lowest BCUT2D eigenvalue weighted by Crippen LogP contribution is -2.48. The first-order chi connectivity index (χ1) is 10.2. The van der Waals surface area contributed by atoms with Crippen LogP contribution in [0.15, 0.2) is 29.2 Å². The van der Waals surface area contributed by atoms with Crippen LogP contribution < -0.4 is 5.32 Å². The molecule has 1 aromatic carbocycles. The largest absolute Gasteiger partial charge is 0.347 e. The SMILES string of the molecule is CSc1ccc(NC(=O)N2CCC3(CC2)OCCO3)cc1. The molecule has 3 rings (SSSR count). The number of ether oxygens (including phenoxy) is 2. The van der Waals surface area contributed by atoms with Crippen LogP contribution in [-0.4, -0.2) is 49.3 Å². The lowest BCUT2D eigenvalue weighted by molar-refractivity contribution is -0.181. The Balaban J connectivity index is 1.54. The summed E-state index contributed by atoms with van der Waals surface area (Å²) in [4.78, 5) is 15.3. The molecule has 1 N–H and O–H groups in total. The lowest BCUT2D eigenvalue weighted by Gasteiger charge is -2.37. The fourth-order valence-corrected chi connectivity index (χ4v) is 3.12. The van der Waals surface area contributed by atoms with Gasteiger partial charge in [-0.3, -0.25) is 0 Å². The number of rotatable bonds is 2. The van der Waals surface area contributed by atoms with Crippen molar-refractivity contribution < 1.29 is 14.3 Å². The molecule has 0 aliphatic carbocycles. The molecular weight excluding hydrogens is 288 g/mol. The summed E-state index contributed by atoms with van der Waals surface area (Å²) in [6, 6.07) is 7.81. The minimum absolute atomic E-state index is 0.0558. The molecule has 0 atom stereocenters. The first-order valence-corrected chi connectivity index (χ1v) is 8.41. The molecule has 6 heteroatoms. The summed E-state index contributed by atoms with van der Waals surface area (Å²) in [7, 11) is 0. The molecule has 0 radical (unpaired) electrons. The number of carbonyl (C=O) groups is 1. The van der Waals surface area contributed by atoms with E-state index in [2.05, 4.69) is 5.32 Å². The summed E-state index contributed by atoms with van der Waals surface area (Å²) in [5, 5.41) is 2.94. The van der Waals surface area contributed by atoms with Crippen LogP contribution in [0.5, 0.6) is 0 Å². The number of nitrogens with one attached hydrogen (secondary N) is 1. The number of amides is 2. The highest BCUT2D eigenvalue weighted by atomic mass is 32.2. The molecule has 2 fully saturated rings. The van der Waals surface area contributed by atoms with Crippen LogP contribution in [0.4, 0.5) is 10.5 Å². The first kappa shape index (κ1) is 14.7. The molecule has 0 aromatic heterocycles. The third-order valence-electron chi connectivity index (χ3n) is 3.97. The summed E-state index contributed by atoms with van der Waals surface area (Å²) in [6.07, 6.45) is 3.52. The quantitative estimate of drug-likeness (QED) is 0.854. The Morgan fingerprint density at radius 1 is 1.19 bits per heavy atom. The van der Waals surface area contributed by atoms with E-state index in [1.165, 1.54) is 4.90 Å². The van der Waals surface area contributed by atoms with E-state index < -0.39 is 5.79 Å². The van der Waals surface area contributed by atoms with E-state index in [1.54, 1.807) is 11.8 Å². The molecule has 2 heterocycles. The van der Waals surface area contributed by atoms with Crippen molar-refractivity contribution in [3.8, 4) is 0 Å². The van der Waals surface area contributed by atoms with E-state index in [0.29, 0.717) is 26.3 Å². The van der Waals surface area contributed by atoms with E-state index in [9.17, 15) is 4.79 Å². The Hall–Kier alpha value is -1.24. The summed E-state index contributed by atoms with van der Waals surface area (Å²) >= 11 is 1.68. The van der Waals surface area contributed by atoms with Crippen molar-refractivity contribution in [3.63, 3.8) is 0 Å².